The van der Waals surface area contributed by atoms with Gasteiger partial charge in [0, 0.05) is 24.1 Å². The second-order valence-electron chi connectivity index (χ2n) is 6.43. The van der Waals surface area contributed by atoms with E-state index in [0.717, 1.165) is 0 Å². The number of nitrogens with one attached hydrogen (secondary N) is 4. The van der Waals surface area contributed by atoms with Crippen molar-refractivity contribution in [2.75, 3.05) is 5.75 Å². The fraction of sp³-hybridized carbons (Fsp3) is 0.562. The quantitative estimate of drug-likeness (QED) is 0.171. The Hall–Kier alpha value is -2.64. The van der Waals surface area contributed by atoms with E-state index >= 15 is 0 Å². The number of nitrogens with two attached hydrogens (primary N) is 1. The smallest absolute Gasteiger partial charge is 0.328 e. The number of aliphatic hydroxyl groups is 1. The summed E-state index contributed by atoms with van der Waals surface area (Å²) >= 11 is 4.03. The molecule has 1 heterocycles. The molecule has 0 aromatic carbocycles. The van der Waals surface area contributed by atoms with Crippen LogP contribution in [0.15, 0.2) is 12.5 Å². The van der Waals surface area contributed by atoms with Crippen molar-refractivity contribution in [3.05, 3.63) is 18.2 Å². The van der Waals surface area contributed by atoms with Gasteiger partial charge in [-0.25, -0.2) is 9.78 Å². The van der Waals surface area contributed by atoms with Crippen LogP contribution >= 0.6 is 12.6 Å². The molecule has 0 aliphatic rings. The van der Waals surface area contributed by atoms with Crippen LogP contribution in [0.25, 0.3) is 0 Å². The third-order valence-corrected chi connectivity index (χ3v) is 4.31. The molecule has 1 aromatic heterocycles. The normalized spacial score (nSPS) is 16.0. The minimum absolute atomic E-state index is 0.0614. The Bertz CT molecular complexity index is 713. The highest BCUT2D eigenvalue weighted by molar-refractivity contribution is 7.80. The lowest BCUT2D eigenvalue weighted by Gasteiger charge is -2.23. The summed E-state index contributed by atoms with van der Waals surface area (Å²) in [6.07, 6.45) is 1.82. The second-order valence-corrected chi connectivity index (χ2v) is 6.79. The van der Waals surface area contributed by atoms with E-state index in [1.807, 2.05) is 0 Å². The molecule has 1 aromatic rings. The number of carbonyl (C=O) groups is 4. The van der Waals surface area contributed by atoms with Gasteiger partial charge in [0.1, 0.15) is 12.1 Å². The molecule has 0 saturated carbocycles. The van der Waals surface area contributed by atoms with Gasteiger partial charge in [0.25, 0.3) is 0 Å². The molecule has 29 heavy (non-hydrogen) atoms. The van der Waals surface area contributed by atoms with E-state index in [0.29, 0.717) is 5.69 Å². The monoisotopic (exact) mass is 430 g/mol. The third kappa shape index (κ3) is 7.71. The number of hydrogen-bond acceptors (Lipinski definition) is 8. The first kappa shape index (κ1) is 24.4. The fourth-order valence-corrected chi connectivity index (χ4v) is 2.50. The van der Waals surface area contributed by atoms with E-state index in [4.69, 9.17) is 10.8 Å². The molecular formula is C16H26N6O6S. The van der Waals surface area contributed by atoms with Crippen molar-refractivity contribution in [2.45, 2.75) is 50.5 Å². The van der Waals surface area contributed by atoms with Gasteiger partial charge in [0.2, 0.25) is 17.7 Å². The zero-order chi connectivity index (χ0) is 22.1. The van der Waals surface area contributed by atoms with E-state index in [9.17, 15) is 24.3 Å². The number of nitrogens with zero attached hydrogens (tertiary/aromatic N) is 1. The SMILES string of the molecule is CC(NC(=O)C(CS)NC(=O)C(N)Cc1cnc[nH]1)C(=O)NC(C(=O)O)C(C)O. The van der Waals surface area contributed by atoms with Crippen LogP contribution in [0.3, 0.4) is 0 Å². The summed E-state index contributed by atoms with van der Waals surface area (Å²) in [6.45, 7) is 2.54. The summed E-state index contributed by atoms with van der Waals surface area (Å²) in [7, 11) is 0. The molecule has 13 heteroatoms. The lowest BCUT2D eigenvalue weighted by molar-refractivity contribution is -0.145. The minimum atomic E-state index is -1.53. The molecule has 3 amide bonds. The van der Waals surface area contributed by atoms with Crippen molar-refractivity contribution in [2.24, 2.45) is 5.73 Å². The zero-order valence-corrected chi connectivity index (χ0v) is 16.8. The lowest BCUT2D eigenvalue weighted by atomic mass is 10.1. The van der Waals surface area contributed by atoms with Crippen molar-refractivity contribution in [1.82, 2.24) is 25.9 Å². The van der Waals surface area contributed by atoms with Crippen molar-refractivity contribution in [3.63, 3.8) is 0 Å². The van der Waals surface area contributed by atoms with Crippen LogP contribution in [0.2, 0.25) is 0 Å². The molecule has 0 aliphatic carbocycles. The van der Waals surface area contributed by atoms with Gasteiger partial charge in [0.05, 0.1) is 18.5 Å². The highest BCUT2D eigenvalue weighted by Gasteiger charge is 2.29. The minimum Gasteiger partial charge on any atom is -0.480 e. The molecule has 0 aliphatic heterocycles. The molecule has 0 radical (unpaired) electrons. The average Bonchev–Trinajstić information content (AvgIpc) is 3.15. The number of aliphatic hydroxyl groups excluding tert-OH is 1. The number of H-pyrrole nitrogens is 1. The van der Waals surface area contributed by atoms with Crippen molar-refractivity contribution >= 4 is 36.3 Å². The van der Waals surface area contributed by atoms with Crippen LogP contribution in [0.5, 0.6) is 0 Å². The topological polar surface area (TPSA) is 200 Å². The van der Waals surface area contributed by atoms with Crippen molar-refractivity contribution in [1.29, 1.82) is 0 Å². The molecule has 1 rings (SSSR count). The summed E-state index contributed by atoms with van der Waals surface area (Å²) in [6, 6.07) is -4.65. The van der Waals surface area contributed by atoms with E-state index in [-0.39, 0.29) is 12.2 Å². The van der Waals surface area contributed by atoms with E-state index < -0.39 is 54.0 Å². The Morgan fingerprint density at radius 2 is 1.83 bits per heavy atom. The van der Waals surface area contributed by atoms with Crippen LogP contribution in [0, 0.1) is 0 Å². The molecule has 0 saturated heterocycles. The summed E-state index contributed by atoms with van der Waals surface area (Å²) in [5, 5.41) is 25.3. The van der Waals surface area contributed by atoms with Gasteiger partial charge in [-0.05, 0) is 13.8 Å². The van der Waals surface area contributed by atoms with Gasteiger partial charge in [-0.3, -0.25) is 14.4 Å². The van der Waals surface area contributed by atoms with E-state index in [2.05, 4.69) is 38.5 Å². The maximum absolute atomic E-state index is 12.3. The van der Waals surface area contributed by atoms with Crippen LogP contribution in [0.1, 0.15) is 19.5 Å². The zero-order valence-electron chi connectivity index (χ0n) is 16.0. The number of aromatic nitrogens is 2. The number of amides is 3. The van der Waals surface area contributed by atoms with Gasteiger partial charge >= 0.3 is 5.97 Å². The first-order valence-electron chi connectivity index (χ1n) is 8.72. The maximum Gasteiger partial charge on any atom is 0.328 e. The van der Waals surface area contributed by atoms with Gasteiger partial charge in [-0.15, -0.1) is 0 Å². The summed E-state index contributed by atoms with van der Waals surface area (Å²) in [5.41, 5.74) is 6.46. The number of thiol groups is 1. The van der Waals surface area contributed by atoms with Gasteiger partial charge in [-0.1, -0.05) is 0 Å². The molecule has 162 valence electrons. The predicted molar refractivity (Wildman–Crippen MR) is 105 cm³/mol. The fourth-order valence-electron chi connectivity index (χ4n) is 2.25. The standard InChI is InChI=1S/C16H26N6O6S/c1-7(13(24)22-12(8(2)23)16(27)28)20-15(26)11(5-29)21-14(25)10(17)3-9-4-18-6-19-9/h4,6-8,10-12,23,29H,3,5,17H2,1-2H3,(H,18,19)(H,20,26)(H,21,25)(H,22,24)(H,27,28). The van der Waals surface area contributed by atoms with Crippen LogP contribution in [0.4, 0.5) is 0 Å². The van der Waals surface area contributed by atoms with Crippen LogP contribution in [-0.2, 0) is 25.6 Å². The Balaban J connectivity index is 2.61. The summed E-state index contributed by atoms with van der Waals surface area (Å²) < 4.78 is 0. The van der Waals surface area contributed by atoms with Crippen LogP contribution in [-0.4, -0.2) is 79.9 Å². The summed E-state index contributed by atoms with van der Waals surface area (Å²) in [5.74, 6) is -3.58. The Morgan fingerprint density at radius 1 is 1.17 bits per heavy atom. The highest BCUT2D eigenvalue weighted by atomic mass is 32.1. The maximum atomic E-state index is 12.3. The second kappa shape index (κ2) is 11.4. The number of rotatable bonds is 11. The van der Waals surface area contributed by atoms with Crippen LogP contribution < -0.4 is 21.7 Å². The van der Waals surface area contributed by atoms with E-state index in [1.54, 1.807) is 0 Å². The highest BCUT2D eigenvalue weighted by Crippen LogP contribution is 1.99. The largest absolute Gasteiger partial charge is 0.480 e. The average molecular weight is 430 g/mol. The number of hydrogen-bond donors (Lipinski definition) is 8. The molecule has 0 spiro atoms. The molecule has 8 N–H and O–H groups in total. The molecule has 0 bridgehead atoms. The van der Waals surface area contributed by atoms with Crippen molar-refractivity contribution in [3.8, 4) is 0 Å². The number of carbonyl (C=O) groups excluding carboxylic acids is 3. The van der Waals surface area contributed by atoms with Crippen molar-refractivity contribution < 1.29 is 29.4 Å². The lowest BCUT2D eigenvalue weighted by Crippen LogP contribution is -2.58. The first-order chi connectivity index (χ1) is 13.6. The third-order valence-electron chi connectivity index (χ3n) is 3.95. The predicted octanol–water partition coefficient (Wildman–Crippen LogP) is -2.85. The first-order valence-corrected chi connectivity index (χ1v) is 9.35. The number of imidazole rings is 1. The molecule has 5 atom stereocenters. The number of aliphatic carboxylic acids is 1. The summed E-state index contributed by atoms with van der Waals surface area (Å²) in [4.78, 5) is 54.3. The molecule has 5 unspecified atom stereocenters. The molecule has 12 nitrogen and oxygen atoms in total. The molecule has 0 fully saturated rings. The van der Waals surface area contributed by atoms with Gasteiger partial charge in [0.15, 0.2) is 6.04 Å². The number of aromatic amines is 1. The molecular weight excluding hydrogens is 404 g/mol. The van der Waals surface area contributed by atoms with Gasteiger partial charge < -0.3 is 36.9 Å². The van der Waals surface area contributed by atoms with Gasteiger partial charge in [-0.2, -0.15) is 12.6 Å². The Morgan fingerprint density at radius 3 is 2.31 bits per heavy atom. The number of carboxylic acids is 1. The Kier molecular flexibility index (Phi) is 9.58. The van der Waals surface area contributed by atoms with E-state index in [1.165, 1.54) is 26.4 Å². The Labute approximate surface area is 172 Å². The number of carboxylic acid groups (broad SMARTS) is 1.